The maximum atomic E-state index is 7.38. The molecule has 0 amide bonds. The lowest BCUT2D eigenvalue weighted by atomic mass is 10.1. The van der Waals surface area contributed by atoms with Crippen LogP contribution in [0.4, 0.5) is 0 Å². The van der Waals surface area contributed by atoms with Gasteiger partial charge in [-0.15, -0.1) is 0 Å². The van der Waals surface area contributed by atoms with Crippen molar-refractivity contribution in [3.8, 4) is 11.5 Å². The zero-order chi connectivity index (χ0) is 13.0. The third-order valence-corrected chi connectivity index (χ3v) is 2.97. The minimum atomic E-state index is 0.0176. The lowest BCUT2D eigenvalue weighted by Gasteiger charge is -2.14. The van der Waals surface area contributed by atoms with Crippen molar-refractivity contribution in [3.05, 3.63) is 23.8 Å². The summed E-state index contributed by atoms with van der Waals surface area (Å²) < 4.78 is 16.3. The summed E-state index contributed by atoms with van der Waals surface area (Å²) in [5.74, 6) is 1.74. The molecular formula is C13H18N2O3. The molecule has 0 aromatic heterocycles. The van der Waals surface area contributed by atoms with Crippen LogP contribution in [-0.2, 0) is 4.74 Å². The molecule has 0 radical (unpaired) electrons. The molecule has 1 saturated heterocycles. The largest absolute Gasteiger partial charge is 0.493 e. The van der Waals surface area contributed by atoms with Gasteiger partial charge in [0.15, 0.2) is 11.5 Å². The predicted octanol–water partition coefficient (Wildman–Crippen LogP) is 1.39. The Morgan fingerprint density at radius 3 is 2.94 bits per heavy atom. The highest BCUT2D eigenvalue weighted by Gasteiger charge is 2.17. The SMILES string of the molecule is COc1cc(C(=N)N)ccc1OCC1CCOC1. The number of benzene rings is 1. The van der Waals surface area contributed by atoms with Gasteiger partial charge in [-0.3, -0.25) is 5.41 Å². The van der Waals surface area contributed by atoms with Crippen LogP contribution in [-0.4, -0.2) is 32.8 Å². The van der Waals surface area contributed by atoms with E-state index in [4.69, 9.17) is 25.4 Å². The Balaban J connectivity index is 2.04. The van der Waals surface area contributed by atoms with Crippen LogP contribution in [0, 0.1) is 11.3 Å². The van der Waals surface area contributed by atoms with E-state index in [0.717, 1.165) is 19.6 Å². The van der Waals surface area contributed by atoms with Crippen molar-refractivity contribution >= 4 is 5.84 Å². The zero-order valence-corrected chi connectivity index (χ0v) is 10.4. The summed E-state index contributed by atoms with van der Waals surface area (Å²) in [7, 11) is 1.57. The quantitative estimate of drug-likeness (QED) is 0.611. The Hall–Kier alpha value is -1.75. The number of nitrogen functional groups attached to an aromatic ring is 1. The number of amidine groups is 1. The molecule has 18 heavy (non-hydrogen) atoms. The van der Waals surface area contributed by atoms with Crippen LogP contribution in [0.3, 0.4) is 0 Å². The summed E-state index contributed by atoms with van der Waals surface area (Å²) in [6.07, 6.45) is 1.04. The molecule has 3 N–H and O–H groups in total. The molecule has 2 rings (SSSR count). The molecule has 0 bridgehead atoms. The first-order valence-corrected chi connectivity index (χ1v) is 5.93. The van der Waals surface area contributed by atoms with Crippen molar-refractivity contribution < 1.29 is 14.2 Å². The Morgan fingerprint density at radius 2 is 2.33 bits per heavy atom. The van der Waals surface area contributed by atoms with E-state index in [0.29, 0.717) is 29.6 Å². The zero-order valence-electron chi connectivity index (χ0n) is 10.4. The lowest BCUT2D eigenvalue weighted by Crippen LogP contribution is -2.13. The Bertz CT molecular complexity index is 428. The molecule has 0 saturated carbocycles. The van der Waals surface area contributed by atoms with Crippen LogP contribution in [0.1, 0.15) is 12.0 Å². The van der Waals surface area contributed by atoms with Gasteiger partial charge in [-0.05, 0) is 24.6 Å². The third-order valence-electron chi connectivity index (χ3n) is 2.97. The smallest absolute Gasteiger partial charge is 0.161 e. The fourth-order valence-electron chi connectivity index (χ4n) is 1.88. The molecule has 5 heteroatoms. The van der Waals surface area contributed by atoms with E-state index in [1.54, 1.807) is 25.3 Å². The average Bonchev–Trinajstić information content (AvgIpc) is 2.89. The van der Waals surface area contributed by atoms with Gasteiger partial charge < -0.3 is 19.9 Å². The second-order valence-corrected chi connectivity index (χ2v) is 4.32. The third kappa shape index (κ3) is 2.92. The first-order valence-electron chi connectivity index (χ1n) is 5.93. The summed E-state index contributed by atoms with van der Waals surface area (Å²) >= 11 is 0. The number of rotatable bonds is 5. The lowest BCUT2D eigenvalue weighted by molar-refractivity contribution is 0.165. The Kier molecular flexibility index (Phi) is 4.04. The van der Waals surface area contributed by atoms with Gasteiger partial charge in [0.1, 0.15) is 5.84 Å². The molecule has 1 heterocycles. The molecular weight excluding hydrogens is 232 g/mol. The number of nitrogens with one attached hydrogen (secondary N) is 1. The maximum Gasteiger partial charge on any atom is 0.161 e. The van der Waals surface area contributed by atoms with Crippen LogP contribution >= 0.6 is 0 Å². The van der Waals surface area contributed by atoms with Gasteiger partial charge in [0, 0.05) is 18.1 Å². The maximum absolute atomic E-state index is 7.38. The van der Waals surface area contributed by atoms with Crippen molar-refractivity contribution in [2.24, 2.45) is 11.7 Å². The van der Waals surface area contributed by atoms with Gasteiger partial charge >= 0.3 is 0 Å². The molecule has 1 aromatic carbocycles. The Labute approximate surface area is 106 Å². The highest BCUT2D eigenvalue weighted by molar-refractivity contribution is 5.95. The average molecular weight is 250 g/mol. The van der Waals surface area contributed by atoms with Gasteiger partial charge in [-0.1, -0.05) is 0 Å². The topological polar surface area (TPSA) is 77.6 Å². The van der Waals surface area contributed by atoms with Gasteiger partial charge in [0.25, 0.3) is 0 Å². The molecule has 5 nitrogen and oxygen atoms in total. The van der Waals surface area contributed by atoms with Crippen molar-refractivity contribution in [2.45, 2.75) is 6.42 Å². The van der Waals surface area contributed by atoms with Gasteiger partial charge in [0.2, 0.25) is 0 Å². The molecule has 1 fully saturated rings. The monoisotopic (exact) mass is 250 g/mol. The summed E-state index contributed by atoms with van der Waals surface area (Å²) in [5, 5.41) is 7.38. The van der Waals surface area contributed by atoms with Gasteiger partial charge in [-0.25, -0.2) is 0 Å². The Morgan fingerprint density at radius 1 is 1.50 bits per heavy atom. The van der Waals surface area contributed by atoms with Crippen LogP contribution in [0.2, 0.25) is 0 Å². The van der Waals surface area contributed by atoms with E-state index in [-0.39, 0.29) is 5.84 Å². The molecule has 1 aromatic rings. The highest BCUT2D eigenvalue weighted by Crippen LogP contribution is 2.29. The second-order valence-electron chi connectivity index (χ2n) is 4.32. The van der Waals surface area contributed by atoms with E-state index in [9.17, 15) is 0 Å². The number of methoxy groups -OCH3 is 1. The van der Waals surface area contributed by atoms with Gasteiger partial charge in [-0.2, -0.15) is 0 Å². The summed E-state index contributed by atoms with van der Waals surface area (Å²) in [6.45, 7) is 2.19. The van der Waals surface area contributed by atoms with E-state index >= 15 is 0 Å². The molecule has 0 spiro atoms. The first-order chi connectivity index (χ1) is 8.70. The number of nitrogens with two attached hydrogens (primary N) is 1. The van der Waals surface area contributed by atoms with Gasteiger partial charge in [0.05, 0.1) is 20.3 Å². The van der Waals surface area contributed by atoms with Crippen LogP contribution in [0.15, 0.2) is 18.2 Å². The summed E-state index contributed by atoms with van der Waals surface area (Å²) in [5.41, 5.74) is 6.06. The van der Waals surface area contributed by atoms with E-state index in [1.807, 2.05) is 0 Å². The molecule has 1 aliphatic rings. The summed E-state index contributed by atoms with van der Waals surface area (Å²) in [6, 6.07) is 5.25. The number of hydrogen-bond donors (Lipinski definition) is 2. The van der Waals surface area contributed by atoms with Crippen molar-refractivity contribution in [1.82, 2.24) is 0 Å². The molecule has 0 aliphatic carbocycles. The predicted molar refractivity (Wildman–Crippen MR) is 68.4 cm³/mol. The summed E-state index contributed by atoms with van der Waals surface area (Å²) in [4.78, 5) is 0. The van der Waals surface area contributed by atoms with Crippen molar-refractivity contribution in [1.29, 1.82) is 5.41 Å². The van der Waals surface area contributed by atoms with Crippen LogP contribution < -0.4 is 15.2 Å². The standard InChI is InChI=1S/C13H18N2O3/c1-16-12-6-10(13(14)15)2-3-11(12)18-8-9-4-5-17-7-9/h2-3,6,9H,4-5,7-8H2,1H3,(H3,14,15). The van der Waals surface area contributed by atoms with Crippen molar-refractivity contribution in [3.63, 3.8) is 0 Å². The minimum absolute atomic E-state index is 0.0176. The van der Waals surface area contributed by atoms with E-state index in [2.05, 4.69) is 0 Å². The molecule has 1 unspecified atom stereocenters. The van der Waals surface area contributed by atoms with Crippen LogP contribution in [0.5, 0.6) is 11.5 Å². The molecule has 98 valence electrons. The normalized spacial score (nSPS) is 18.6. The second kappa shape index (κ2) is 5.73. The van der Waals surface area contributed by atoms with E-state index in [1.165, 1.54) is 0 Å². The highest BCUT2D eigenvalue weighted by atomic mass is 16.5. The van der Waals surface area contributed by atoms with Crippen molar-refractivity contribution in [2.75, 3.05) is 26.9 Å². The fraction of sp³-hybridized carbons (Fsp3) is 0.462. The molecule has 1 atom stereocenters. The molecule has 1 aliphatic heterocycles. The number of hydrogen-bond acceptors (Lipinski definition) is 4. The van der Waals surface area contributed by atoms with E-state index < -0.39 is 0 Å². The van der Waals surface area contributed by atoms with Crippen LogP contribution in [0.25, 0.3) is 0 Å². The number of ether oxygens (including phenoxy) is 3. The minimum Gasteiger partial charge on any atom is -0.493 e. The fourth-order valence-corrected chi connectivity index (χ4v) is 1.88. The first kappa shape index (κ1) is 12.7.